The highest BCUT2D eigenvalue weighted by Gasteiger charge is 2.16. The van der Waals surface area contributed by atoms with E-state index in [0.717, 1.165) is 34.3 Å². The summed E-state index contributed by atoms with van der Waals surface area (Å²) in [5.41, 5.74) is 11.2. The standard InChI is InChI=1S/C29H24O2/c1-5-19-7-6-8-21-25-14-20(12-18(4)28(25)31-29(19)21)22-15-27-24(13-17(22)3)23-11-16(2)9-10-26(23)30-27/h6-15H,5H2,1-4H3. The number of hydrogen-bond donors (Lipinski definition) is 0. The summed E-state index contributed by atoms with van der Waals surface area (Å²) in [6, 6.07) is 21.8. The molecule has 2 aromatic heterocycles. The first kappa shape index (κ1) is 18.3. The zero-order valence-corrected chi connectivity index (χ0v) is 18.3. The molecule has 152 valence electrons. The van der Waals surface area contributed by atoms with Crippen LogP contribution in [0.15, 0.2) is 69.5 Å². The molecular weight excluding hydrogens is 380 g/mol. The summed E-state index contributed by atoms with van der Waals surface area (Å²) >= 11 is 0. The van der Waals surface area contributed by atoms with Crippen LogP contribution in [0.5, 0.6) is 0 Å². The molecule has 0 aliphatic rings. The van der Waals surface area contributed by atoms with E-state index in [9.17, 15) is 0 Å². The first-order valence-electron chi connectivity index (χ1n) is 10.9. The van der Waals surface area contributed by atoms with Gasteiger partial charge >= 0.3 is 0 Å². The summed E-state index contributed by atoms with van der Waals surface area (Å²) in [7, 11) is 0. The van der Waals surface area contributed by atoms with Crippen LogP contribution < -0.4 is 0 Å². The van der Waals surface area contributed by atoms with Crippen molar-refractivity contribution in [3.05, 3.63) is 82.9 Å². The van der Waals surface area contributed by atoms with Gasteiger partial charge in [0.15, 0.2) is 0 Å². The van der Waals surface area contributed by atoms with Gasteiger partial charge < -0.3 is 8.83 Å². The highest BCUT2D eigenvalue weighted by atomic mass is 16.3. The van der Waals surface area contributed by atoms with Gasteiger partial charge in [-0.25, -0.2) is 0 Å². The summed E-state index contributed by atoms with van der Waals surface area (Å²) in [5, 5.41) is 4.74. The van der Waals surface area contributed by atoms with E-state index in [2.05, 4.69) is 88.4 Å². The third-order valence-electron chi connectivity index (χ3n) is 6.53. The maximum atomic E-state index is 6.33. The maximum absolute atomic E-state index is 6.33. The molecule has 31 heavy (non-hydrogen) atoms. The molecule has 0 atom stereocenters. The molecule has 0 amide bonds. The first-order chi connectivity index (χ1) is 15.0. The van der Waals surface area contributed by atoms with Gasteiger partial charge in [-0.3, -0.25) is 0 Å². The molecule has 0 bridgehead atoms. The lowest BCUT2D eigenvalue weighted by Crippen LogP contribution is -1.86. The van der Waals surface area contributed by atoms with Crippen LogP contribution >= 0.6 is 0 Å². The second-order valence-corrected chi connectivity index (χ2v) is 8.68. The second kappa shape index (κ2) is 6.49. The molecule has 4 aromatic carbocycles. The van der Waals surface area contributed by atoms with Crippen LogP contribution in [0.1, 0.15) is 29.2 Å². The summed E-state index contributed by atoms with van der Waals surface area (Å²) < 4.78 is 12.5. The Kier molecular flexibility index (Phi) is 3.82. The van der Waals surface area contributed by atoms with E-state index < -0.39 is 0 Å². The van der Waals surface area contributed by atoms with Crippen LogP contribution in [0.4, 0.5) is 0 Å². The number of para-hydroxylation sites is 1. The van der Waals surface area contributed by atoms with Crippen LogP contribution in [0.2, 0.25) is 0 Å². The van der Waals surface area contributed by atoms with E-state index in [1.165, 1.54) is 49.4 Å². The average Bonchev–Trinajstić information content (AvgIpc) is 3.31. The Balaban J connectivity index is 1.63. The van der Waals surface area contributed by atoms with Crippen molar-refractivity contribution < 1.29 is 8.83 Å². The Morgan fingerprint density at radius 2 is 1.48 bits per heavy atom. The first-order valence-corrected chi connectivity index (χ1v) is 10.9. The Labute approximate surface area is 181 Å². The Bertz CT molecular complexity index is 1640. The molecule has 2 heterocycles. The van der Waals surface area contributed by atoms with Crippen molar-refractivity contribution in [2.75, 3.05) is 0 Å². The predicted molar refractivity (Wildman–Crippen MR) is 130 cm³/mol. The van der Waals surface area contributed by atoms with E-state index >= 15 is 0 Å². The number of fused-ring (bicyclic) bond motifs is 6. The molecule has 0 saturated heterocycles. The molecule has 0 N–H and O–H groups in total. The number of hydrogen-bond acceptors (Lipinski definition) is 2. The van der Waals surface area contributed by atoms with Gasteiger partial charge in [-0.15, -0.1) is 0 Å². The van der Waals surface area contributed by atoms with E-state index in [1.54, 1.807) is 0 Å². The van der Waals surface area contributed by atoms with E-state index in [1.807, 2.05) is 0 Å². The fourth-order valence-electron chi connectivity index (χ4n) is 4.92. The third kappa shape index (κ3) is 2.64. The number of rotatable bonds is 2. The number of aryl methyl sites for hydroxylation is 4. The lowest BCUT2D eigenvalue weighted by molar-refractivity contribution is 0.660. The van der Waals surface area contributed by atoms with Gasteiger partial charge in [0.05, 0.1) is 0 Å². The topological polar surface area (TPSA) is 26.3 Å². The van der Waals surface area contributed by atoms with Crippen molar-refractivity contribution in [1.82, 2.24) is 0 Å². The van der Waals surface area contributed by atoms with Gasteiger partial charge in [0, 0.05) is 21.5 Å². The summed E-state index contributed by atoms with van der Waals surface area (Å²) in [4.78, 5) is 0. The van der Waals surface area contributed by atoms with E-state index in [4.69, 9.17) is 8.83 Å². The Hall–Kier alpha value is -3.52. The minimum Gasteiger partial charge on any atom is -0.456 e. The average molecular weight is 405 g/mol. The van der Waals surface area contributed by atoms with Crippen LogP contribution in [-0.2, 0) is 6.42 Å². The summed E-state index contributed by atoms with van der Waals surface area (Å²) in [6.07, 6.45) is 0.963. The zero-order valence-electron chi connectivity index (χ0n) is 18.3. The fraction of sp³-hybridized carbons (Fsp3) is 0.172. The van der Waals surface area contributed by atoms with Gasteiger partial charge in [-0.05, 0) is 91.4 Å². The Morgan fingerprint density at radius 3 is 2.32 bits per heavy atom. The minimum absolute atomic E-state index is 0.935. The second-order valence-electron chi connectivity index (χ2n) is 8.68. The van der Waals surface area contributed by atoms with Gasteiger partial charge in [-0.2, -0.15) is 0 Å². The van der Waals surface area contributed by atoms with Gasteiger partial charge in [0.1, 0.15) is 22.3 Å². The SMILES string of the molecule is CCc1cccc2c1oc1c(C)cc(-c3cc4oc5ccc(C)cc5c4cc3C)cc12. The minimum atomic E-state index is 0.935. The number of furan rings is 2. The molecule has 0 saturated carbocycles. The molecule has 2 nitrogen and oxygen atoms in total. The lowest BCUT2D eigenvalue weighted by atomic mass is 9.95. The molecular formula is C29H24O2. The predicted octanol–water partition coefficient (Wildman–Crippen LogP) is 8.64. The lowest BCUT2D eigenvalue weighted by Gasteiger charge is -2.08. The van der Waals surface area contributed by atoms with Crippen molar-refractivity contribution in [1.29, 1.82) is 0 Å². The molecule has 0 radical (unpaired) electrons. The Morgan fingerprint density at radius 1 is 0.645 bits per heavy atom. The zero-order chi connectivity index (χ0) is 21.3. The van der Waals surface area contributed by atoms with Gasteiger partial charge in [0.2, 0.25) is 0 Å². The van der Waals surface area contributed by atoms with Crippen molar-refractivity contribution in [3.63, 3.8) is 0 Å². The molecule has 0 unspecified atom stereocenters. The van der Waals surface area contributed by atoms with Crippen LogP contribution in [0.25, 0.3) is 55.0 Å². The summed E-state index contributed by atoms with van der Waals surface area (Å²) in [5.74, 6) is 0. The van der Waals surface area contributed by atoms with Crippen molar-refractivity contribution in [3.8, 4) is 11.1 Å². The van der Waals surface area contributed by atoms with Gasteiger partial charge in [-0.1, -0.05) is 36.8 Å². The van der Waals surface area contributed by atoms with Crippen LogP contribution in [0.3, 0.4) is 0 Å². The molecule has 0 spiro atoms. The molecule has 0 fully saturated rings. The van der Waals surface area contributed by atoms with E-state index in [-0.39, 0.29) is 0 Å². The smallest absolute Gasteiger partial charge is 0.138 e. The summed E-state index contributed by atoms with van der Waals surface area (Å²) in [6.45, 7) is 8.62. The van der Waals surface area contributed by atoms with Crippen molar-refractivity contribution in [2.24, 2.45) is 0 Å². The molecule has 0 aliphatic heterocycles. The third-order valence-corrected chi connectivity index (χ3v) is 6.53. The van der Waals surface area contributed by atoms with E-state index in [0.29, 0.717) is 0 Å². The molecule has 6 aromatic rings. The van der Waals surface area contributed by atoms with Crippen molar-refractivity contribution >= 4 is 43.9 Å². The molecule has 2 heteroatoms. The maximum Gasteiger partial charge on any atom is 0.138 e. The highest BCUT2D eigenvalue weighted by Crippen LogP contribution is 2.39. The monoisotopic (exact) mass is 404 g/mol. The highest BCUT2D eigenvalue weighted by molar-refractivity contribution is 6.10. The largest absolute Gasteiger partial charge is 0.456 e. The fourth-order valence-corrected chi connectivity index (χ4v) is 4.92. The molecule has 0 aliphatic carbocycles. The van der Waals surface area contributed by atoms with Crippen molar-refractivity contribution in [2.45, 2.75) is 34.1 Å². The normalized spacial score (nSPS) is 12.0. The van der Waals surface area contributed by atoms with Crippen LogP contribution in [0, 0.1) is 20.8 Å². The quantitative estimate of drug-likeness (QED) is 0.289. The van der Waals surface area contributed by atoms with Crippen LogP contribution in [-0.4, -0.2) is 0 Å². The molecule has 6 rings (SSSR count). The van der Waals surface area contributed by atoms with Gasteiger partial charge in [0.25, 0.3) is 0 Å². The number of benzene rings is 4.